The Kier molecular flexibility index (Phi) is 6.42. The van der Waals surface area contributed by atoms with Crippen molar-refractivity contribution < 1.29 is 0 Å². The van der Waals surface area contributed by atoms with Crippen LogP contribution >= 0.6 is 0 Å². The van der Waals surface area contributed by atoms with Crippen molar-refractivity contribution in [2.45, 2.75) is 51.6 Å². The standard InChI is InChI=1S/C14H23N3/c1-3-7-14(16-2)13-8-11-17(12-13)10-6-4-5-9-15/h8,11-12,14,16H,3-7,10H2,1-2H3. The van der Waals surface area contributed by atoms with Gasteiger partial charge in [0, 0.05) is 31.4 Å². The van der Waals surface area contributed by atoms with Crippen LogP contribution in [0.5, 0.6) is 0 Å². The fourth-order valence-electron chi connectivity index (χ4n) is 2.07. The molecule has 17 heavy (non-hydrogen) atoms. The summed E-state index contributed by atoms with van der Waals surface area (Å²) in [4.78, 5) is 0. The molecule has 3 heteroatoms. The van der Waals surface area contributed by atoms with Gasteiger partial charge in [-0.3, -0.25) is 0 Å². The average molecular weight is 233 g/mol. The highest BCUT2D eigenvalue weighted by Gasteiger charge is 2.08. The van der Waals surface area contributed by atoms with Gasteiger partial charge in [0.1, 0.15) is 0 Å². The Hall–Kier alpha value is -1.27. The third-order valence-corrected chi connectivity index (χ3v) is 3.06. The molecule has 1 heterocycles. The van der Waals surface area contributed by atoms with Crippen LogP contribution in [0.1, 0.15) is 50.6 Å². The third-order valence-electron chi connectivity index (χ3n) is 3.06. The molecule has 0 spiro atoms. The first-order valence-electron chi connectivity index (χ1n) is 6.51. The molecule has 0 bridgehead atoms. The molecule has 0 aliphatic carbocycles. The minimum Gasteiger partial charge on any atom is -0.354 e. The van der Waals surface area contributed by atoms with Crippen LogP contribution in [-0.4, -0.2) is 11.6 Å². The highest BCUT2D eigenvalue weighted by molar-refractivity contribution is 5.15. The van der Waals surface area contributed by atoms with Gasteiger partial charge in [0.05, 0.1) is 6.07 Å². The lowest BCUT2D eigenvalue weighted by Gasteiger charge is -2.13. The minimum absolute atomic E-state index is 0.473. The predicted molar refractivity (Wildman–Crippen MR) is 70.6 cm³/mol. The summed E-state index contributed by atoms with van der Waals surface area (Å²) in [5.74, 6) is 0. The normalized spacial score (nSPS) is 12.3. The number of unbranched alkanes of at least 4 members (excludes halogenated alkanes) is 2. The zero-order valence-electron chi connectivity index (χ0n) is 10.9. The van der Waals surface area contributed by atoms with Crippen molar-refractivity contribution in [3.05, 3.63) is 24.0 Å². The van der Waals surface area contributed by atoms with Crippen molar-refractivity contribution in [1.82, 2.24) is 9.88 Å². The van der Waals surface area contributed by atoms with E-state index in [1.807, 2.05) is 7.05 Å². The number of hydrogen-bond acceptors (Lipinski definition) is 2. The summed E-state index contributed by atoms with van der Waals surface area (Å²) in [5, 5.41) is 11.8. The van der Waals surface area contributed by atoms with Gasteiger partial charge in [0.15, 0.2) is 0 Å². The smallest absolute Gasteiger partial charge is 0.0621 e. The van der Waals surface area contributed by atoms with E-state index in [0.29, 0.717) is 12.5 Å². The van der Waals surface area contributed by atoms with Gasteiger partial charge in [-0.05, 0) is 37.9 Å². The first-order valence-corrected chi connectivity index (χ1v) is 6.51. The molecule has 1 aromatic rings. The second-order valence-electron chi connectivity index (χ2n) is 4.43. The molecule has 0 saturated heterocycles. The van der Waals surface area contributed by atoms with Crippen LogP contribution in [0.2, 0.25) is 0 Å². The van der Waals surface area contributed by atoms with E-state index in [-0.39, 0.29) is 0 Å². The first kappa shape index (κ1) is 13.8. The van der Waals surface area contributed by atoms with Gasteiger partial charge in [-0.25, -0.2) is 0 Å². The zero-order chi connectivity index (χ0) is 12.5. The molecule has 1 N–H and O–H groups in total. The lowest BCUT2D eigenvalue weighted by molar-refractivity contribution is 0.538. The van der Waals surface area contributed by atoms with Crippen molar-refractivity contribution >= 4 is 0 Å². The molecule has 0 radical (unpaired) electrons. The number of aryl methyl sites for hydroxylation is 1. The fourth-order valence-corrected chi connectivity index (χ4v) is 2.07. The summed E-state index contributed by atoms with van der Waals surface area (Å²) in [6.45, 7) is 3.23. The molecule has 0 amide bonds. The Labute approximate surface area is 104 Å². The van der Waals surface area contributed by atoms with Crippen molar-refractivity contribution in [3.8, 4) is 6.07 Å². The van der Waals surface area contributed by atoms with E-state index in [9.17, 15) is 0 Å². The van der Waals surface area contributed by atoms with Crippen LogP contribution in [0.3, 0.4) is 0 Å². The third kappa shape index (κ3) is 4.62. The summed E-state index contributed by atoms with van der Waals surface area (Å²) < 4.78 is 2.23. The van der Waals surface area contributed by atoms with Gasteiger partial charge in [-0.2, -0.15) is 5.26 Å². The van der Waals surface area contributed by atoms with Crippen molar-refractivity contribution in [1.29, 1.82) is 5.26 Å². The molecule has 1 atom stereocenters. The van der Waals surface area contributed by atoms with E-state index < -0.39 is 0 Å². The van der Waals surface area contributed by atoms with E-state index in [4.69, 9.17) is 5.26 Å². The maximum absolute atomic E-state index is 8.47. The van der Waals surface area contributed by atoms with Crippen LogP contribution < -0.4 is 5.32 Å². The largest absolute Gasteiger partial charge is 0.354 e. The molecule has 3 nitrogen and oxygen atoms in total. The monoisotopic (exact) mass is 233 g/mol. The van der Waals surface area contributed by atoms with E-state index in [2.05, 4.69) is 41.3 Å². The number of nitrogens with zero attached hydrogens (tertiary/aromatic N) is 2. The van der Waals surface area contributed by atoms with Crippen LogP contribution in [0, 0.1) is 11.3 Å². The topological polar surface area (TPSA) is 40.8 Å². The fraction of sp³-hybridized carbons (Fsp3) is 0.643. The number of nitriles is 1. The molecular formula is C14H23N3. The molecule has 1 rings (SSSR count). The Morgan fingerprint density at radius 1 is 1.47 bits per heavy atom. The molecule has 1 aromatic heterocycles. The minimum atomic E-state index is 0.473. The first-order chi connectivity index (χ1) is 8.31. The molecule has 1 unspecified atom stereocenters. The molecule has 0 aliphatic rings. The van der Waals surface area contributed by atoms with Gasteiger partial charge < -0.3 is 9.88 Å². The molecule has 0 fully saturated rings. The average Bonchev–Trinajstić information content (AvgIpc) is 2.80. The molecule has 0 aliphatic heterocycles. The van der Waals surface area contributed by atoms with Crippen LogP contribution in [0.15, 0.2) is 18.5 Å². The van der Waals surface area contributed by atoms with E-state index in [1.54, 1.807) is 0 Å². The van der Waals surface area contributed by atoms with Gasteiger partial charge in [-0.1, -0.05) is 13.3 Å². The number of rotatable bonds is 8. The second kappa shape index (κ2) is 7.92. The maximum atomic E-state index is 8.47. The summed E-state index contributed by atoms with van der Waals surface area (Å²) in [5.41, 5.74) is 1.37. The quantitative estimate of drug-likeness (QED) is 0.700. The zero-order valence-corrected chi connectivity index (χ0v) is 10.9. The summed E-state index contributed by atoms with van der Waals surface area (Å²) in [7, 11) is 2.02. The Morgan fingerprint density at radius 2 is 2.29 bits per heavy atom. The summed E-state index contributed by atoms with van der Waals surface area (Å²) in [6, 6.07) is 4.85. The maximum Gasteiger partial charge on any atom is 0.0621 e. The van der Waals surface area contributed by atoms with Crippen molar-refractivity contribution in [3.63, 3.8) is 0 Å². The van der Waals surface area contributed by atoms with Gasteiger partial charge in [-0.15, -0.1) is 0 Å². The molecule has 94 valence electrons. The highest BCUT2D eigenvalue weighted by atomic mass is 14.9. The second-order valence-corrected chi connectivity index (χ2v) is 4.43. The van der Waals surface area contributed by atoms with Gasteiger partial charge in [0.25, 0.3) is 0 Å². The lowest BCUT2D eigenvalue weighted by atomic mass is 10.1. The van der Waals surface area contributed by atoms with E-state index in [0.717, 1.165) is 19.4 Å². The Balaban J connectivity index is 2.44. The van der Waals surface area contributed by atoms with E-state index >= 15 is 0 Å². The summed E-state index contributed by atoms with van der Waals surface area (Å²) >= 11 is 0. The van der Waals surface area contributed by atoms with E-state index in [1.165, 1.54) is 18.4 Å². The molecule has 0 aromatic carbocycles. The van der Waals surface area contributed by atoms with Gasteiger partial charge in [0.2, 0.25) is 0 Å². The van der Waals surface area contributed by atoms with Crippen LogP contribution in [-0.2, 0) is 6.54 Å². The summed E-state index contributed by atoms with van der Waals surface area (Å²) in [6.07, 6.45) is 9.48. The van der Waals surface area contributed by atoms with Crippen LogP contribution in [0.25, 0.3) is 0 Å². The van der Waals surface area contributed by atoms with Crippen LogP contribution in [0.4, 0.5) is 0 Å². The van der Waals surface area contributed by atoms with Crippen molar-refractivity contribution in [2.24, 2.45) is 0 Å². The lowest BCUT2D eigenvalue weighted by Crippen LogP contribution is -2.15. The number of nitrogens with one attached hydrogen (secondary N) is 1. The molecular weight excluding hydrogens is 210 g/mol. The molecule has 0 saturated carbocycles. The Morgan fingerprint density at radius 3 is 2.94 bits per heavy atom. The predicted octanol–water partition coefficient (Wildman–Crippen LogP) is 3.24. The van der Waals surface area contributed by atoms with Gasteiger partial charge >= 0.3 is 0 Å². The van der Waals surface area contributed by atoms with Crippen molar-refractivity contribution in [2.75, 3.05) is 7.05 Å². The number of aromatic nitrogens is 1. The highest BCUT2D eigenvalue weighted by Crippen LogP contribution is 2.18. The SMILES string of the molecule is CCCC(NC)c1ccn(CCCCC#N)c1. The number of hydrogen-bond donors (Lipinski definition) is 1. The Bertz CT molecular complexity index is 349.